The first-order valence-corrected chi connectivity index (χ1v) is 4.45. The number of nitrogens with zero attached hydrogens (tertiary/aromatic N) is 1. The second kappa shape index (κ2) is 4.25. The van der Waals surface area contributed by atoms with Gasteiger partial charge < -0.3 is 9.47 Å². The second-order valence-electron chi connectivity index (χ2n) is 3.21. The van der Waals surface area contributed by atoms with E-state index in [0.717, 1.165) is 0 Å². The average Bonchev–Trinajstić information content (AvgIpc) is 2.27. The van der Waals surface area contributed by atoms with Crippen LogP contribution in [0.25, 0.3) is 0 Å². The van der Waals surface area contributed by atoms with E-state index in [0.29, 0.717) is 19.4 Å². The van der Waals surface area contributed by atoms with Gasteiger partial charge in [-0.05, 0) is 12.8 Å². The van der Waals surface area contributed by atoms with Crippen molar-refractivity contribution in [3.8, 4) is 6.07 Å². The fourth-order valence-corrected chi connectivity index (χ4v) is 1.68. The molecular weight excluding hydrogens is 182 g/mol. The average molecular weight is 195 g/mol. The van der Waals surface area contributed by atoms with Crippen LogP contribution in [0.5, 0.6) is 0 Å². The van der Waals surface area contributed by atoms with Gasteiger partial charge in [0, 0.05) is 6.61 Å². The van der Waals surface area contributed by atoms with Gasteiger partial charge in [-0.2, -0.15) is 5.26 Å². The van der Waals surface area contributed by atoms with Crippen molar-refractivity contribution < 1.29 is 14.3 Å². The van der Waals surface area contributed by atoms with Gasteiger partial charge in [0.15, 0.2) is 5.41 Å². The Kier molecular flexibility index (Phi) is 3.26. The van der Waals surface area contributed by atoms with Crippen LogP contribution in [0.1, 0.15) is 12.8 Å². The second-order valence-corrected chi connectivity index (χ2v) is 3.21. The van der Waals surface area contributed by atoms with Crippen molar-refractivity contribution in [3.05, 3.63) is 12.7 Å². The molecule has 0 spiro atoms. The molecule has 0 aromatic carbocycles. The van der Waals surface area contributed by atoms with Gasteiger partial charge in [0.1, 0.15) is 6.10 Å². The van der Waals surface area contributed by atoms with Crippen LogP contribution in [0.4, 0.5) is 0 Å². The summed E-state index contributed by atoms with van der Waals surface area (Å²) in [5.74, 6) is -0.537. The van der Waals surface area contributed by atoms with Gasteiger partial charge in [0.2, 0.25) is 0 Å². The first-order chi connectivity index (χ1) is 6.71. The Labute approximate surface area is 83.1 Å². The minimum atomic E-state index is -1.20. The molecule has 14 heavy (non-hydrogen) atoms. The first kappa shape index (κ1) is 10.7. The van der Waals surface area contributed by atoms with Crippen molar-refractivity contribution >= 4 is 5.97 Å². The zero-order valence-corrected chi connectivity index (χ0v) is 8.16. The highest BCUT2D eigenvalue weighted by atomic mass is 16.5. The van der Waals surface area contributed by atoms with Crippen LogP contribution in [-0.2, 0) is 14.3 Å². The van der Waals surface area contributed by atoms with Gasteiger partial charge >= 0.3 is 5.97 Å². The van der Waals surface area contributed by atoms with E-state index in [4.69, 9.17) is 10.00 Å². The van der Waals surface area contributed by atoms with Crippen molar-refractivity contribution in [2.24, 2.45) is 5.41 Å². The quantitative estimate of drug-likeness (QED) is 0.488. The van der Waals surface area contributed by atoms with Crippen LogP contribution in [0.15, 0.2) is 12.7 Å². The molecule has 1 heterocycles. The maximum Gasteiger partial charge on any atom is 0.329 e. The van der Waals surface area contributed by atoms with Crippen LogP contribution in [0.2, 0.25) is 0 Å². The number of ether oxygens (including phenoxy) is 2. The molecule has 1 aliphatic rings. The zero-order valence-electron chi connectivity index (χ0n) is 8.16. The summed E-state index contributed by atoms with van der Waals surface area (Å²) in [7, 11) is 1.27. The van der Waals surface area contributed by atoms with Crippen molar-refractivity contribution in [2.75, 3.05) is 13.7 Å². The summed E-state index contributed by atoms with van der Waals surface area (Å²) < 4.78 is 9.94. The molecule has 1 aliphatic heterocycles. The Hall–Kier alpha value is -1.34. The fraction of sp³-hybridized carbons (Fsp3) is 0.600. The molecule has 76 valence electrons. The molecule has 4 heteroatoms. The summed E-state index contributed by atoms with van der Waals surface area (Å²) >= 11 is 0. The van der Waals surface area contributed by atoms with Crippen LogP contribution in [-0.4, -0.2) is 25.8 Å². The van der Waals surface area contributed by atoms with Gasteiger partial charge in [0.05, 0.1) is 13.2 Å². The standard InChI is InChI=1S/C10H13NO3/c1-3-8-10(7-11,9(12)13-2)5-4-6-14-8/h3,8H,1,4-6H2,2H3. The van der Waals surface area contributed by atoms with Crippen LogP contribution in [0, 0.1) is 16.7 Å². The lowest BCUT2D eigenvalue weighted by atomic mass is 9.77. The van der Waals surface area contributed by atoms with E-state index >= 15 is 0 Å². The van der Waals surface area contributed by atoms with E-state index in [9.17, 15) is 4.79 Å². The summed E-state index contributed by atoms with van der Waals surface area (Å²) in [6.07, 6.45) is 2.08. The summed E-state index contributed by atoms with van der Waals surface area (Å²) in [6, 6.07) is 2.00. The third-order valence-corrected chi connectivity index (χ3v) is 2.46. The lowest BCUT2D eigenvalue weighted by molar-refractivity contribution is -0.160. The van der Waals surface area contributed by atoms with Gasteiger partial charge in [-0.15, -0.1) is 6.58 Å². The molecule has 0 aromatic heterocycles. The minimum absolute atomic E-state index is 0.465. The van der Waals surface area contributed by atoms with Gasteiger partial charge in [-0.25, -0.2) is 0 Å². The number of methoxy groups -OCH3 is 1. The van der Waals surface area contributed by atoms with Crippen molar-refractivity contribution in [1.29, 1.82) is 5.26 Å². The number of esters is 1. The molecule has 0 aliphatic carbocycles. The maximum absolute atomic E-state index is 11.5. The highest BCUT2D eigenvalue weighted by Gasteiger charge is 2.48. The fourth-order valence-electron chi connectivity index (χ4n) is 1.68. The Balaban J connectivity index is 3.00. The number of hydrogen-bond acceptors (Lipinski definition) is 4. The molecule has 0 saturated carbocycles. The van der Waals surface area contributed by atoms with Crippen molar-refractivity contribution in [2.45, 2.75) is 18.9 Å². The molecule has 2 unspecified atom stereocenters. The number of hydrogen-bond donors (Lipinski definition) is 0. The lowest BCUT2D eigenvalue weighted by Gasteiger charge is -2.34. The highest BCUT2D eigenvalue weighted by Crippen LogP contribution is 2.35. The number of nitriles is 1. The molecule has 0 radical (unpaired) electrons. The van der Waals surface area contributed by atoms with Gasteiger partial charge in [-0.1, -0.05) is 6.08 Å². The topological polar surface area (TPSA) is 59.3 Å². The third kappa shape index (κ3) is 1.51. The van der Waals surface area contributed by atoms with E-state index in [2.05, 4.69) is 11.3 Å². The van der Waals surface area contributed by atoms with Crippen LogP contribution >= 0.6 is 0 Å². The minimum Gasteiger partial charge on any atom is -0.468 e. The summed E-state index contributed by atoms with van der Waals surface area (Å²) in [5.41, 5.74) is -1.20. The largest absolute Gasteiger partial charge is 0.468 e. The molecule has 1 fully saturated rings. The Bertz CT molecular complexity index is 282. The van der Waals surface area contributed by atoms with Crippen LogP contribution < -0.4 is 0 Å². The van der Waals surface area contributed by atoms with Gasteiger partial charge in [-0.3, -0.25) is 4.79 Å². The molecule has 2 atom stereocenters. The first-order valence-electron chi connectivity index (χ1n) is 4.45. The van der Waals surface area contributed by atoms with Crippen molar-refractivity contribution in [3.63, 3.8) is 0 Å². The molecule has 0 bridgehead atoms. The van der Waals surface area contributed by atoms with Gasteiger partial charge in [0.25, 0.3) is 0 Å². The third-order valence-electron chi connectivity index (χ3n) is 2.46. The zero-order chi connectivity index (χ0) is 10.6. The lowest BCUT2D eigenvalue weighted by Crippen LogP contribution is -2.45. The smallest absolute Gasteiger partial charge is 0.329 e. The summed E-state index contributed by atoms with van der Waals surface area (Å²) in [4.78, 5) is 11.5. The molecule has 0 aromatic rings. The summed E-state index contributed by atoms with van der Waals surface area (Å²) in [5, 5.41) is 9.07. The van der Waals surface area contributed by atoms with Crippen molar-refractivity contribution in [1.82, 2.24) is 0 Å². The van der Waals surface area contributed by atoms with E-state index < -0.39 is 17.5 Å². The SMILES string of the molecule is C=CC1OCCCC1(C#N)C(=O)OC. The predicted molar refractivity (Wildman–Crippen MR) is 49.2 cm³/mol. The van der Waals surface area contributed by atoms with E-state index in [1.165, 1.54) is 13.2 Å². The molecule has 1 rings (SSSR count). The monoisotopic (exact) mass is 195 g/mol. The number of carbonyl (C=O) groups is 1. The van der Waals surface area contributed by atoms with E-state index in [1.54, 1.807) is 0 Å². The molecule has 4 nitrogen and oxygen atoms in total. The number of rotatable bonds is 2. The Morgan fingerprint density at radius 3 is 3.07 bits per heavy atom. The molecule has 0 amide bonds. The summed E-state index contributed by atoms with van der Waals surface area (Å²) in [6.45, 7) is 4.11. The maximum atomic E-state index is 11.5. The highest BCUT2D eigenvalue weighted by molar-refractivity contribution is 5.81. The molecule has 1 saturated heterocycles. The van der Waals surface area contributed by atoms with E-state index in [-0.39, 0.29) is 0 Å². The van der Waals surface area contributed by atoms with Crippen LogP contribution in [0.3, 0.4) is 0 Å². The Morgan fingerprint density at radius 2 is 2.57 bits per heavy atom. The predicted octanol–water partition coefficient (Wildman–Crippen LogP) is 1.03. The number of carbonyl (C=O) groups excluding carboxylic acids is 1. The van der Waals surface area contributed by atoms with E-state index in [1.807, 2.05) is 6.07 Å². The normalized spacial score (nSPS) is 31.6. The molecular formula is C10H13NO3. The Morgan fingerprint density at radius 1 is 1.86 bits per heavy atom. The molecule has 0 N–H and O–H groups in total.